The molecule has 122 valence electrons. The first-order valence-electron chi connectivity index (χ1n) is 7.88. The molecular weight excluding hydrogens is 292 g/mol. The van der Waals surface area contributed by atoms with Crippen molar-refractivity contribution in [3.8, 4) is 0 Å². The molecule has 1 fully saturated rings. The van der Waals surface area contributed by atoms with Gasteiger partial charge in [0.05, 0.1) is 18.2 Å². The fourth-order valence-electron chi connectivity index (χ4n) is 2.85. The highest BCUT2D eigenvalue weighted by Crippen LogP contribution is 2.13. The summed E-state index contributed by atoms with van der Waals surface area (Å²) in [6.07, 6.45) is 2.35. The lowest BCUT2D eigenvalue weighted by Crippen LogP contribution is -2.37. The van der Waals surface area contributed by atoms with Gasteiger partial charge in [0, 0.05) is 25.8 Å². The van der Waals surface area contributed by atoms with E-state index in [9.17, 15) is 4.79 Å². The normalized spacial score (nSPS) is 18.5. The minimum Gasteiger partial charge on any atom is -0.376 e. The zero-order valence-electron chi connectivity index (χ0n) is 13.3. The van der Waals surface area contributed by atoms with Gasteiger partial charge in [0.25, 0.3) is 5.56 Å². The minimum atomic E-state index is -0.0422. The van der Waals surface area contributed by atoms with Crippen molar-refractivity contribution in [3.05, 3.63) is 46.2 Å². The van der Waals surface area contributed by atoms with E-state index in [2.05, 4.69) is 10.3 Å². The summed E-state index contributed by atoms with van der Waals surface area (Å²) in [6.45, 7) is 1.74. The Bertz CT molecular complexity index is 776. The van der Waals surface area contributed by atoms with Crippen molar-refractivity contribution in [1.82, 2.24) is 9.88 Å². The number of para-hydroxylation sites is 1. The third-order valence-electron chi connectivity index (χ3n) is 4.16. The van der Waals surface area contributed by atoms with Crippen LogP contribution in [0.1, 0.15) is 18.4 Å². The summed E-state index contributed by atoms with van der Waals surface area (Å²) in [4.78, 5) is 16.7. The molecule has 1 aliphatic heterocycles. The molecule has 0 bridgehead atoms. The molecule has 1 unspecified atom stereocenters. The van der Waals surface area contributed by atoms with Crippen LogP contribution in [0.5, 0.6) is 0 Å². The molecule has 23 heavy (non-hydrogen) atoms. The number of rotatable bonds is 4. The summed E-state index contributed by atoms with van der Waals surface area (Å²) in [6, 6.07) is 9.68. The van der Waals surface area contributed by atoms with Crippen molar-refractivity contribution < 1.29 is 4.74 Å². The molecule has 2 aromatic rings. The van der Waals surface area contributed by atoms with Gasteiger partial charge >= 0.3 is 0 Å². The first-order chi connectivity index (χ1) is 11.1. The molecule has 0 radical (unpaired) electrons. The van der Waals surface area contributed by atoms with Crippen molar-refractivity contribution in [1.29, 1.82) is 0 Å². The first kappa shape index (κ1) is 15.6. The lowest BCUT2D eigenvalue weighted by molar-refractivity contribution is 0.114. The number of aryl methyl sites for hydroxylation is 1. The van der Waals surface area contributed by atoms with Gasteiger partial charge in [-0.1, -0.05) is 18.2 Å². The number of aliphatic imine (C=N–C) groups is 1. The van der Waals surface area contributed by atoms with Crippen LogP contribution in [-0.2, 0) is 18.3 Å². The molecule has 6 nitrogen and oxygen atoms in total. The van der Waals surface area contributed by atoms with Gasteiger partial charge in [-0.05, 0) is 30.4 Å². The van der Waals surface area contributed by atoms with E-state index in [0.717, 1.165) is 30.4 Å². The van der Waals surface area contributed by atoms with Gasteiger partial charge in [-0.25, -0.2) is 4.99 Å². The fourth-order valence-corrected chi connectivity index (χ4v) is 2.85. The van der Waals surface area contributed by atoms with Gasteiger partial charge in [0.15, 0.2) is 5.96 Å². The number of guanidine groups is 1. The highest BCUT2D eigenvalue weighted by atomic mass is 16.5. The number of hydrogen-bond acceptors (Lipinski definition) is 3. The van der Waals surface area contributed by atoms with Crippen molar-refractivity contribution in [2.24, 2.45) is 17.8 Å². The minimum absolute atomic E-state index is 0.0422. The van der Waals surface area contributed by atoms with Crippen LogP contribution < -0.4 is 16.6 Å². The van der Waals surface area contributed by atoms with Crippen LogP contribution in [0.2, 0.25) is 0 Å². The van der Waals surface area contributed by atoms with E-state index in [1.807, 2.05) is 30.3 Å². The van der Waals surface area contributed by atoms with E-state index in [0.29, 0.717) is 18.1 Å². The van der Waals surface area contributed by atoms with Gasteiger partial charge in [0.2, 0.25) is 0 Å². The molecule has 1 aromatic carbocycles. The van der Waals surface area contributed by atoms with Gasteiger partial charge in [-0.3, -0.25) is 4.79 Å². The highest BCUT2D eigenvalue weighted by Gasteiger charge is 2.15. The molecule has 3 rings (SSSR count). The molecule has 0 saturated carbocycles. The molecule has 0 amide bonds. The number of nitrogens with zero attached hydrogens (tertiary/aromatic N) is 2. The second-order valence-corrected chi connectivity index (χ2v) is 5.81. The Morgan fingerprint density at radius 2 is 2.30 bits per heavy atom. The summed E-state index contributed by atoms with van der Waals surface area (Å²) in [5.74, 6) is 0.343. The SMILES string of the molecule is Cn1c(=O)c(CN=C(N)NCC2CCCO2)cc2ccccc21. The second-order valence-electron chi connectivity index (χ2n) is 5.81. The molecule has 0 aliphatic carbocycles. The number of pyridine rings is 1. The van der Waals surface area contributed by atoms with Gasteiger partial charge in [-0.2, -0.15) is 0 Å². The molecule has 1 aromatic heterocycles. The molecule has 1 aliphatic rings. The average Bonchev–Trinajstić information content (AvgIpc) is 3.08. The average molecular weight is 314 g/mol. The van der Waals surface area contributed by atoms with Gasteiger partial charge in [0.1, 0.15) is 0 Å². The van der Waals surface area contributed by atoms with E-state index in [-0.39, 0.29) is 18.2 Å². The Labute approximate surface area is 135 Å². The Hall–Kier alpha value is -2.34. The van der Waals surface area contributed by atoms with Crippen LogP contribution in [0.15, 0.2) is 40.1 Å². The first-order valence-corrected chi connectivity index (χ1v) is 7.88. The van der Waals surface area contributed by atoms with Gasteiger partial charge < -0.3 is 20.4 Å². The standard InChI is InChI=1S/C17H22N4O2/c1-21-15-7-3-2-5-12(15)9-13(16(21)22)10-19-17(18)20-11-14-6-4-8-23-14/h2-3,5,7,9,14H,4,6,8,10-11H2,1H3,(H3,18,19,20). The number of nitrogens with two attached hydrogens (primary N) is 1. The van der Waals surface area contributed by atoms with Gasteiger partial charge in [-0.15, -0.1) is 0 Å². The van der Waals surface area contributed by atoms with Crippen LogP contribution in [-0.4, -0.2) is 29.8 Å². The zero-order chi connectivity index (χ0) is 16.2. The number of nitrogens with one attached hydrogen (secondary N) is 1. The Balaban J connectivity index is 1.71. The molecule has 3 N–H and O–H groups in total. The van der Waals surface area contributed by atoms with E-state index in [1.54, 1.807) is 11.6 Å². The maximum atomic E-state index is 12.4. The van der Waals surface area contributed by atoms with Crippen molar-refractivity contribution in [2.45, 2.75) is 25.5 Å². The summed E-state index contributed by atoms with van der Waals surface area (Å²) < 4.78 is 7.17. The molecule has 1 atom stereocenters. The van der Waals surface area contributed by atoms with Crippen LogP contribution in [0.3, 0.4) is 0 Å². The lowest BCUT2D eigenvalue weighted by Gasteiger charge is -2.11. The molecule has 0 spiro atoms. The summed E-state index contributed by atoms with van der Waals surface area (Å²) in [5, 5.41) is 4.08. The summed E-state index contributed by atoms with van der Waals surface area (Å²) in [5.41, 5.74) is 7.38. The summed E-state index contributed by atoms with van der Waals surface area (Å²) in [7, 11) is 1.77. The van der Waals surface area contributed by atoms with Crippen molar-refractivity contribution in [2.75, 3.05) is 13.2 Å². The second kappa shape index (κ2) is 6.83. The third kappa shape index (κ3) is 3.53. The summed E-state index contributed by atoms with van der Waals surface area (Å²) >= 11 is 0. The number of hydrogen-bond donors (Lipinski definition) is 2. The fraction of sp³-hybridized carbons (Fsp3) is 0.412. The largest absolute Gasteiger partial charge is 0.376 e. The number of ether oxygens (including phenoxy) is 1. The maximum Gasteiger partial charge on any atom is 0.255 e. The van der Waals surface area contributed by atoms with Crippen molar-refractivity contribution in [3.63, 3.8) is 0 Å². The third-order valence-corrected chi connectivity index (χ3v) is 4.16. The Kier molecular flexibility index (Phi) is 4.62. The van der Waals surface area contributed by atoms with E-state index < -0.39 is 0 Å². The smallest absolute Gasteiger partial charge is 0.255 e. The number of benzene rings is 1. The number of aromatic nitrogens is 1. The van der Waals surface area contributed by atoms with E-state index >= 15 is 0 Å². The topological polar surface area (TPSA) is 81.6 Å². The monoisotopic (exact) mass is 314 g/mol. The predicted octanol–water partition coefficient (Wildman–Crippen LogP) is 1.12. The Morgan fingerprint density at radius 1 is 1.48 bits per heavy atom. The molecule has 2 heterocycles. The van der Waals surface area contributed by atoms with Crippen molar-refractivity contribution >= 4 is 16.9 Å². The zero-order valence-corrected chi connectivity index (χ0v) is 13.3. The van der Waals surface area contributed by atoms with E-state index in [1.165, 1.54) is 0 Å². The highest BCUT2D eigenvalue weighted by molar-refractivity contribution is 5.80. The lowest BCUT2D eigenvalue weighted by atomic mass is 10.1. The quantitative estimate of drug-likeness (QED) is 0.654. The molecule has 6 heteroatoms. The maximum absolute atomic E-state index is 12.4. The predicted molar refractivity (Wildman–Crippen MR) is 91.5 cm³/mol. The van der Waals surface area contributed by atoms with Crippen LogP contribution in [0.25, 0.3) is 10.9 Å². The number of fused-ring (bicyclic) bond motifs is 1. The molecular formula is C17H22N4O2. The van der Waals surface area contributed by atoms with Crippen LogP contribution >= 0.6 is 0 Å². The molecule has 1 saturated heterocycles. The van der Waals surface area contributed by atoms with Crippen LogP contribution in [0.4, 0.5) is 0 Å². The Morgan fingerprint density at radius 3 is 3.09 bits per heavy atom. The van der Waals surface area contributed by atoms with E-state index in [4.69, 9.17) is 10.5 Å². The van der Waals surface area contributed by atoms with Crippen LogP contribution in [0, 0.1) is 0 Å².